The number of thiazole rings is 1. The molecule has 0 amide bonds. The van der Waals surface area contributed by atoms with E-state index < -0.39 is 21.4 Å². The molecule has 4 heterocycles. The molecule has 0 unspecified atom stereocenters. The van der Waals surface area contributed by atoms with E-state index in [0.717, 1.165) is 14.6 Å². The number of ketones is 1. The average molecular weight is 517 g/mol. The van der Waals surface area contributed by atoms with Crippen LogP contribution in [-0.4, -0.2) is 59.6 Å². The lowest BCUT2D eigenvalue weighted by molar-refractivity contribution is 0.0730. The average Bonchev–Trinajstić information content (AvgIpc) is 3.52. The van der Waals surface area contributed by atoms with E-state index >= 15 is 0 Å². The third kappa shape index (κ3) is 4.23. The summed E-state index contributed by atoms with van der Waals surface area (Å²) in [5.41, 5.74) is 0.615. The van der Waals surface area contributed by atoms with E-state index in [1.807, 2.05) is 24.4 Å². The van der Waals surface area contributed by atoms with Crippen molar-refractivity contribution in [1.82, 2.24) is 19.1 Å². The van der Waals surface area contributed by atoms with Gasteiger partial charge >= 0.3 is 0 Å². The lowest BCUT2D eigenvalue weighted by Crippen LogP contribution is -2.40. The van der Waals surface area contributed by atoms with Gasteiger partial charge in [-0.05, 0) is 30.5 Å². The molecule has 0 spiro atoms. The van der Waals surface area contributed by atoms with Gasteiger partial charge in [-0.15, -0.1) is 22.7 Å². The fraction of sp³-hybridized carbons (Fsp3) is 0.273. The Hall–Kier alpha value is -2.77. The first-order valence-corrected chi connectivity index (χ1v) is 13.6. The maximum Gasteiger partial charge on any atom is 0.294 e. The number of hydrogen-bond acceptors (Lipinski definition) is 9. The van der Waals surface area contributed by atoms with Gasteiger partial charge in [-0.2, -0.15) is 9.40 Å². The summed E-state index contributed by atoms with van der Waals surface area (Å²) < 4.78 is 34.4. The molecule has 0 aliphatic carbocycles. The highest BCUT2D eigenvalue weighted by Crippen LogP contribution is 2.32. The summed E-state index contributed by atoms with van der Waals surface area (Å²) in [4.78, 5) is 31.4. The lowest BCUT2D eigenvalue weighted by Gasteiger charge is -2.26. The first kappa shape index (κ1) is 23.0. The number of ether oxygens (including phenoxy) is 1. The van der Waals surface area contributed by atoms with Crippen molar-refractivity contribution >= 4 is 48.7 Å². The molecule has 176 valence electrons. The largest absolute Gasteiger partial charge is 0.379 e. The SMILES string of the molecule is Cc1nc2c(=O)n(CC(=O)c3cccc(S(=O)(=O)N4CCOCC4)c3)nc(-c3cccs3)c2s1. The van der Waals surface area contributed by atoms with Crippen molar-refractivity contribution < 1.29 is 17.9 Å². The molecule has 0 atom stereocenters. The molecule has 5 rings (SSSR count). The molecule has 1 aliphatic heterocycles. The normalized spacial score (nSPS) is 15.1. The molecule has 0 radical (unpaired) electrons. The summed E-state index contributed by atoms with van der Waals surface area (Å²) in [6, 6.07) is 9.67. The molecule has 3 aromatic heterocycles. The van der Waals surface area contributed by atoms with E-state index in [1.54, 1.807) is 0 Å². The van der Waals surface area contributed by atoms with Gasteiger partial charge in [-0.3, -0.25) is 9.59 Å². The molecule has 1 aromatic carbocycles. The predicted octanol–water partition coefficient (Wildman–Crippen LogP) is 2.79. The predicted molar refractivity (Wildman–Crippen MR) is 130 cm³/mol. The Bertz CT molecular complexity index is 1530. The van der Waals surface area contributed by atoms with E-state index in [-0.39, 0.29) is 35.6 Å². The third-order valence-electron chi connectivity index (χ3n) is 5.42. The minimum absolute atomic E-state index is 0.0328. The zero-order valence-corrected chi connectivity index (χ0v) is 20.6. The van der Waals surface area contributed by atoms with E-state index in [0.29, 0.717) is 23.6 Å². The van der Waals surface area contributed by atoms with Crippen LogP contribution in [0.2, 0.25) is 0 Å². The summed E-state index contributed by atoms with van der Waals surface area (Å²) >= 11 is 2.87. The van der Waals surface area contributed by atoms with Gasteiger partial charge < -0.3 is 4.74 Å². The number of benzene rings is 1. The smallest absolute Gasteiger partial charge is 0.294 e. The van der Waals surface area contributed by atoms with Crippen molar-refractivity contribution in [3.63, 3.8) is 0 Å². The Morgan fingerprint density at radius 1 is 1.18 bits per heavy atom. The molecule has 1 aliphatic rings. The van der Waals surface area contributed by atoms with Gasteiger partial charge in [0, 0.05) is 18.7 Å². The summed E-state index contributed by atoms with van der Waals surface area (Å²) in [5.74, 6) is -0.419. The van der Waals surface area contributed by atoms with Gasteiger partial charge in [0.05, 0.1) is 32.7 Å². The number of fused-ring (bicyclic) bond motifs is 1. The topological polar surface area (TPSA) is 111 Å². The van der Waals surface area contributed by atoms with Crippen LogP contribution in [0, 0.1) is 6.92 Å². The summed E-state index contributed by atoms with van der Waals surface area (Å²) in [6.45, 7) is 2.68. The van der Waals surface area contributed by atoms with Crippen LogP contribution in [0.25, 0.3) is 20.8 Å². The number of aromatic nitrogens is 3. The van der Waals surface area contributed by atoms with Crippen LogP contribution in [0.3, 0.4) is 0 Å². The maximum absolute atomic E-state index is 13.1. The van der Waals surface area contributed by atoms with Crippen molar-refractivity contribution in [3.05, 3.63) is 62.7 Å². The number of sulfonamides is 1. The first-order valence-electron chi connectivity index (χ1n) is 10.5. The van der Waals surface area contributed by atoms with Crippen LogP contribution < -0.4 is 5.56 Å². The Labute approximate surface area is 203 Å². The van der Waals surface area contributed by atoms with Crippen LogP contribution >= 0.6 is 22.7 Å². The number of rotatable bonds is 6. The zero-order valence-electron chi connectivity index (χ0n) is 18.1. The highest BCUT2D eigenvalue weighted by molar-refractivity contribution is 7.89. The van der Waals surface area contributed by atoms with Gasteiger partial charge in [0.2, 0.25) is 10.0 Å². The Morgan fingerprint density at radius 3 is 2.71 bits per heavy atom. The monoisotopic (exact) mass is 516 g/mol. The molecule has 9 nitrogen and oxygen atoms in total. The van der Waals surface area contributed by atoms with Crippen LogP contribution in [0.4, 0.5) is 0 Å². The van der Waals surface area contributed by atoms with Gasteiger partial charge in [0.25, 0.3) is 5.56 Å². The quantitative estimate of drug-likeness (QED) is 0.362. The van der Waals surface area contributed by atoms with Crippen molar-refractivity contribution in [1.29, 1.82) is 0 Å². The molecule has 4 aromatic rings. The second kappa shape index (κ2) is 9.12. The van der Waals surface area contributed by atoms with Crippen LogP contribution in [0.1, 0.15) is 15.4 Å². The highest BCUT2D eigenvalue weighted by atomic mass is 32.2. The second-order valence-electron chi connectivity index (χ2n) is 7.67. The summed E-state index contributed by atoms with van der Waals surface area (Å²) in [7, 11) is -3.75. The number of Topliss-reactive ketones (excluding diaryl/α,β-unsaturated/α-hetero) is 1. The molecule has 34 heavy (non-hydrogen) atoms. The van der Waals surface area contributed by atoms with Crippen LogP contribution in [-0.2, 0) is 21.3 Å². The maximum atomic E-state index is 13.1. The number of carbonyl (C=O) groups is 1. The third-order valence-corrected chi connectivity index (χ3v) is 9.17. The number of hydrogen-bond donors (Lipinski definition) is 0. The van der Waals surface area contributed by atoms with Crippen LogP contribution in [0.5, 0.6) is 0 Å². The molecule has 0 saturated carbocycles. The first-order chi connectivity index (χ1) is 16.3. The molecule has 1 saturated heterocycles. The Kier molecular flexibility index (Phi) is 6.16. The molecule has 1 fully saturated rings. The van der Waals surface area contributed by atoms with Crippen molar-refractivity contribution in [2.45, 2.75) is 18.4 Å². The lowest BCUT2D eigenvalue weighted by atomic mass is 10.1. The summed E-state index contributed by atoms with van der Waals surface area (Å²) in [6.07, 6.45) is 0. The minimum atomic E-state index is -3.75. The van der Waals surface area contributed by atoms with Gasteiger partial charge in [0.1, 0.15) is 12.2 Å². The second-order valence-corrected chi connectivity index (χ2v) is 11.8. The molecular weight excluding hydrogens is 496 g/mol. The van der Waals surface area contributed by atoms with E-state index in [2.05, 4.69) is 10.1 Å². The molecule has 0 N–H and O–H groups in total. The number of carbonyl (C=O) groups excluding carboxylic acids is 1. The zero-order chi connectivity index (χ0) is 23.9. The molecule has 12 heteroatoms. The molecule has 0 bridgehead atoms. The van der Waals surface area contributed by atoms with E-state index in [4.69, 9.17) is 4.74 Å². The van der Waals surface area contributed by atoms with Gasteiger partial charge in [0.15, 0.2) is 11.3 Å². The number of aryl methyl sites for hydroxylation is 1. The fourth-order valence-corrected chi connectivity index (χ4v) is 6.89. The van der Waals surface area contributed by atoms with E-state index in [1.165, 1.54) is 51.2 Å². The van der Waals surface area contributed by atoms with Gasteiger partial charge in [-0.1, -0.05) is 18.2 Å². The van der Waals surface area contributed by atoms with Crippen molar-refractivity contribution in [2.24, 2.45) is 0 Å². The standard InChI is InChI=1S/C22H20N4O5S3/c1-14-23-20-21(33-14)19(18-6-3-11-32-18)24-26(22(20)28)13-17(27)15-4-2-5-16(12-15)34(29,30)25-7-9-31-10-8-25/h2-6,11-12H,7-10,13H2,1H3. The minimum Gasteiger partial charge on any atom is -0.379 e. The summed E-state index contributed by atoms with van der Waals surface area (Å²) in [5, 5.41) is 7.14. The van der Waals surface area contributed by atoms with E-state index in [9.17, 15) is 18.0 Å². The number of thiophene rings is 1. The Morgan fingerprint density at radius 2 is 1.97 bits per heavy atom. The van der Waals surface area contributed by atoms with Crippen molar-refractivity contribution in [2.75, 3.05) is 26.3 Å². The fourth-order valence-electron chi connectivity index (χ4n) is 3.74. The number of morpholine rings is 1. The van der Waals surface area contributed by atoms with Crippen LogP contribution in [0.15, 0.2) is 51.5 Å². The van der Waals surface area contributed by atoms with Crippen molar-refractivity contribution in [3.8, 4) is 10.6 Å². The molecular formula is C22H20N4O5S3. The number of nitrogens with zero attached hydrogens (tertiary/aromatic N) is 4. The Balaban J connectivity index is 1.50. The van der Waals surface area contributed by atoms with Gasteiger partial charge in [-0.25, -0.2) is 18.1 Å². The highest BCUT2D eigenvalue weighted by Gasteiger charge is 2.27.